The van der Waals surface area contributed by atoms with Crippen LogP contribution in [0.2, 0.25) is 0 Å². The lowest BCUT2D eigenvalue weighted by molar-refractivity contribution is -0.134. The van der Waals surface area contributed by atoms with Crippen LogP contribution >= 0.6 is 11.8 Å². The fraction of sp³-hybridized carbons (Fsp3) is 0.360. The largest absolute Gasteiger partial charge is 0.350 e. The number of hydrazine groups is 1. The molecule has 2 aliphatic rings. The van der Waals surface area contributed by atoms with Gasteiger partial charge < -0.3 is 4.98 Å². The standard InChI is InChI=1S/C25H26FN3O2S/c1-2-16-10-12-25(13-11-16)29(21(30)15-32-25)28-24(31)23-22(17-6-4-3-5-7-17)19-14-18(26)8-9-20(19)27-23/h3-9,14,16,27H,2,10-13,15H2,1H3,(H,28,31). The molecule has 0 radical (unpaired) electrons. The molecule has 2 fully saturated rings. The van der Waals surface area contributed by atoms with Gasteiger partial charge in [-0.2, -0.15) is 0 Å². The van der Waals surface area contributed by atoms with E-state index in [9.17, 15) is 14.0 Å². The number of hydrogen-bond donors (Lipinski definition) is 2. The van der Waals surface area contributed by atoms with Crippen molar-refractivity contribution in [1.29, 1.82) is 0 Å². The number of aromatic amines is 1. The molecule has 166 valence electrons. The minimum Gasteiger partial charge on any atom is -0.350 e. The number of carbonyl (C=O) groups excluding carboxylic acids is 2. The predicted molar refractivity (Wildman–Crippen MR) is 125 cm³/mol. The van der Waals surface area contributed by atoms with Gasteiger partial charge in [0.1, 0.15) is 16.4 Å². The van der Waals surface area contributed by atoms with Crippen LogP contribution in [-0.4, -0.2) is 32.4 Å². The normalized spacial score (nSPS) is 23.2. The first-order chi connectivity index (χ1) is 15.5. The number of thioether (sulfide) groups is 1. The second-order valence-corrected chi connectivity index (χ2v) is 10.0. The molecule has 0 unspecified atom stereocenters. The van der Waals surface area contributed by atoms with Crippen molar-refractivity contribution in [3.05, 3.63) is 60.0 Å². The molecule has 32 heavy (non-hydrogen) atoms. The van der Waals surface area contributed by atoms with Crippen molar-refractivity contribution >= 4 is 34.5 Å². The van der Waals surface area contributed by atoms with Gasteiger partial charge in [0.25, 0.3) is 11.8 Å². The first-order valence-corrected chi connectivity index (χ1v) is 12.1. The number of carbonyl (C=O) groups is 2. The summed E-state index contributed by atoms with van der Waals surface area (Å²) in [6.45, 7) is 2.21. The number of benzene rings is 2. The maximum absolute atomic E-state index is 14.1. The Bertz CT molecular complexity index is 1170. The molecule has 2 N–H and O–H groups in total. The number of hydrogen-bond acceptors (Lipinski definition) is 3. The topological polar surface area (TPSA) is 65.2 Å². The van der Waals surface area contributed by atoms with E-state index < -0.39 is 0 Å². The molecule has 1 saturated carbocycles. The highest BCUT2D eigenvalue weighted by molar-refractivity contribution is 8.01. The summed E-state index contributed by atoms with van der Waals surface area (Å²) in [6, 6.07) is 13.9. The third-order valence-corrected chi connectivity index (χ3v) is 8.37. The van der Waals surface area contributed by atoms with Gasteiger partial charge in [0.15, 0.2) is 0 Å². The molecule has 3 aromatic rings. The lowest BCUT2D eigenvalue weighted by Crippen LogP contribution is -2.55. The average Bonchev–Trinajstić information content (AvgIpc) is 3.33. The number of halogens is 1. The van der Waals surface area contributed by atoms with E-state index in [4.69, 9.17) is 0 Å². The summed E-state index contributed by atoms with van der Waals surface area (Å²) in [7, 11) is 0. The number of aromatic nitrogens is 1. The second-order valence-electron chi connectivity index (χ2n) is 8.69. The Kier molecular flexibility index (Phi) is 5.45. The van der Waals surface area contributed by atoms with Gasteiger partial charge in [0.05, 0.1) is 5.75 Å². The van der Waals surface area contributed by atoms with Gasteiger partial charge in [-0.3, -0.25) is 15.0 Å². The molecule has 0 bridgehead atoms. The van der Waals surface area contributed by atoms with E-state index in [0.717, 1.165) is 37.7 Å². The average molecular weight is 452 g/mol. The summed E-state index contributed by atoms with van der Waals surface area (Å²) in [6.07, 6.45) is 5.03. The lowest BCUT2D eigenvalue weighted by Gasteiger charge is -2.42. The number of H-pyrrole nitrogens is 1. The van der Waals surface area contributed by atoms with E-state index in [-0.39, 0.29) is 22.5 Å². The Hall–Kier alpha value is -2.80. The minimum atomic E-state index is -0.381. The number of amides is 2. The van der Waals surface area contributed by atoms with Gasteiger partial charge in [-0.1, -0.05) is 43.7 Å². The summed E-state index contributed by atoms with van der Waals surface area (Å²) in [5.41, 5.74) is 5.39. The van der Waals surface area contributed by atoms with Crippen LogP contribution in [0.3, 0.4) is 0 Å². The molecule has 1 aliphatic heterocycles. The minimum absolute atomic E-state index is 0.0679. The van der Waals surface area contributed by atoms with Crippen molar-refractivity contribution in [2.24, 2.45) is 5.92 Å². The molecule has 5 nitrogen and oxygen atoms in total. The molecule has 1 aromatic heterocycles. The highest BCUT2D eigenvalue weighted by Crippen LogP contribution is 2.48. The SMILES string of the molecule is CCC1CCC2(CC1)SCC(=O)N2NC(=O)c1[nH]c2ccc(F)cc2c1-c1ccccc1. The van der Waals surface area contributed by atoms with E-state index in [1.54, 1.807) is 22.8 Å². The van der Waals surface area contributed by atoms with Crippen LogP contribution in [0.1, 0.15) is 49.5 Å². The quantitative estimate of drug-likeness (QED) is 0.551. The van der Waals surface area contributed by atoms with Gasteiger partial charge in [0.2, 0.25) is 0 Å². The number of fused-ring (bicyclic) bond motifs is 1. The van der Waals surface area contributed by atoms with Crippen molar-refractivity contribution in [2.75, 3.05) is 5.75 Å². The fourth-order valence-electron chi connectivity index (χ4n) is 5.02. The summed E-state index contributed by atoms with van der Waals surface area (Å²) >= 11 is 1.64. The molecule has 5 rings (SSSR count). The molecule has 2 aromatic carbocycles. The molecule has 1 spiro atoms. The summed E-state index contributed by atoms with van der Waals surface area (Å²) < 4.78 is 14.1. The van der Waals surface area contributed by atoms with E-state index in [1.165, 1.54) is 12.1 Å². The number of nitrogens with zero attached hydrogens (tertiary/aromatic N) is 1. The van der Waals surface area contributed by atoms with Crippen molar-refractivity contribution in [3.63, 3.8) is 0 Å². The Labute approximate surface area is 190 Å². The van der Waals surface area contributed by atoms with Crippen LogP contribution in [-0.2, 0) is 4.79 Å². The molecule has 2 heterocycles. The Morgan fingerprint density at radius 1 is 1.22 bits per heavy atom. The van der Waals surface area contributed by atoms with E-state index in [1.807, 2.05) is 30.3 Å². The first-order valence-electron chi connectivity index (χ1n) is 11.2. The van der Waals surface area contributed by atoms with Crippen LogP contribution in [0.25, 0.3) is 22.0 Å². The van der Waals surface area contributed by atoms with E-state index in [0.29, 0.717) is 33.8 Å². The summed E-state index contributed by atoms with van der Waals surface area (Å²) in [5, 5.41) is 2.22. The zero-order chi connectivity index (χ0) is 22.3. The van der Waals surface area contributed by atoms with Gasteiger partial charge in [-0.15, -0.1) is 11.8 Å². The third-order valence-electron chi connectivity index (χ3n) is 6.85. The van der Waals surface area contributed by atoms with Crippen LogP contribution in [0, 0.1) is 11.7 Å². The van der Waals surface area contributed by atoms with Crippen LogP contribution < -0.4 is 5.43 Å². The van der Waals surface area contributed by atoms with Crippen LogP contribution in [0.15, 0.2) is 48.5 Å². The van der Waals surface area contributed by atoms with Gasteiger partial charge in [-0.05, 0) is 55.4 Å². The van der Waals surface area contributed by atoms with Crippen molar-refractivity contribution < 1.29 is 14.0 Å². The molecule has 0 atom stereocenters. The first kappa shape index (κ1) is 21.1. The molecular formula is C25H26FN3O2S. The molecule has 1 saturated heterocycles. The van der Waals surface area contributed by atoms with Crippen LogP contribution in [0.5, 0.6) is 0 Å². The van der Waals surface area contributed by atoms with Gasteiger partial charge in [-0.25, -0.2) is 9.40 Å². The maximum Gasteiger partial charge on any atom is 0.286 e. The molecule has 7 heteroatoms. The molecular weight excluding hydrogens is 425 g/mol. The van der Waals surface area contributed by atoms with Crippen molar-refractivity contribution in [3.8, 4) is 11.1 Å². The lowest BCUT2D eigenvalue weighted by atomic mass is 9.84. The zero-order valence-corrected chi connectivity index (χ0v) is 18.8. The molecule has 1 aliphatic carbocycles. The Morgan fingerprint density at radius 2 is 1.97 bits per heavy atom. The van der Waals surface area contributed by atoms with E-state index >= 15 is 0 Å². The zero-order valence-electron chi connectivity index (χ0n) is 18.0. The van der Waals surface area contributed by atoms with E-state index in [2.05, 4.69) is 17.3 Å². The van der Waals surface area contributed by atoms with Crippen molar-refractivity contribution in [1.82, 2.24) is 15.4 Å². The number of nitrogens with one attached hydrogen (secondary N) is 2. The summed E-state index contributed by atoms with van der Waals surface area (Å²) in [5.74, 6) is 0.247. The van der Waals surface area contributed by atoms with Crippen molar-refractivity contribution in [2.45, 2.75) is 43.9 Å². The maximum atomic E-state index is 14.1. The summed E-state index contributed by atoms with van der Waals surface area (Å²) in [4.78, 5) is 29.1. The van der Waals surface area contributed by atoms with Crippen LogP contribution in [0.4, 0.5) is 4.39 Å². The third kappa shape index (κ3) is 3.58. The monoisotopic (exact) mass is 451 g/mol. The van der Waals surface area contributed by atoms with Gasteiger partial charge >= 0.3 is 0 Å². The highest BCUT2D eigenvalue weighted by Gasteiger charge is 2.49. The fourth-order valence-corrected chi connectivity index (χ4v) is 6.34. The smallest absolute Gasteiger partial charge is 0.286 e. The van der Waals surface area contributed by atoms with Gasteiger partial charge in [0, 0.05) is 16.5 Å². The second kappa shape index (κ2) is 8.28. The number of rotatable bonds is 4. The Balaban J connectivity index is 1.51. The predicted octanol–water partition coefficient (Wildman–Crippen LogP) is 5.49. The molecule has 2 amide bonds. The Morgan fingerprint density at radius 3 is 2.69 bits per heavy atom. The highest BCUT2D eigenvalue weighted by atomic mass is 32.2.